The predicted octanol–water partition coefficient (Wildman–Crippen LogP) is 3.61. The largest absolute Gasteiger partial charge is 0.496 e. The molecule has 8 heteroatoms. The third-order valence-corrected chi connectivity index (χ3v) is 5.34. The Hall–Kier alpha value is -4.20. The van der Waals surface area contributed by atoms with Crippen LogP contribution in [0.15, 0.2) is 66.0 Å². The summed E-state index contributed by atoms with van der Waals surface area (Å²) in [7, 11) is 1.59. The van der Waals surface area contributed by atoms with Gasteiger partial charge in [-0.25, -0.2) is 0 Å². The molecule has 1 aromatic carbocycles. The number of amides is 1. The number of carbonyl (C=O) groups excluding carboxylic acids is 1. The first-order chi connectivity index (χ1) is 16.0. The summed E-state index contributed by atoms with van der Waals surface area (Å²) in [4.78, 5) is 37.2. The number of benzene rings is 1. The summed E-state index contributed by atoms with van der Waals surface area (Å²) >= 11 is 0. The highest BCUT2D eigenvalue weighted by Crippen LogP contribution is 2.35. The Morgan fingerprint density at radius 2 is 2.09 bits per heavy atom. The van der Waals surface area contributed by atoms with Crippen molar-refractivity contribution in [3.8, 4) is 16.9 Å². The Morgan fingerprint density at radius 1 is 1.24 bits per heavy atom. The van der Waals surface area contributed by atoms with Crippen LogP contribution in [0.4, 0.5) is 0 Å². The van der Waals surface area contributed by atoms with E-state index in [0.717, 1.165) is 22.2 Å². The van der Waals surface area contributed by atoms with Crippen molar-refractivity contribution in [1.82, 2.24) is 24.8 Å². The van der Waals surface area contributed by atoms with Crippen LogP contribution in [-0.2, 0) is 13.1 Å². The number of H-pyrrole nitrogens is 1. The Bertz CT molecular complexity index is 1390. The highest BCUT2D eigenvalue weighted by Gasteiger charge is 2.18. The second-order valence-electron chi connectivity index (χ2n) is 7.60. The van der Waals surface area contributed by atoms with Crippen LogP contribution >= 0.6 is 0 Å². The molecule has 0 saturated carbocycles. The van der Waals surface area contributed by atoms with Crippen molar-refractivity contribution in [3.05, 3.63) is 88.5 Å². The van der Waals surface area contributed by atoms with Gasteiger partial charge in [0.2, 0.25) is 0 Å². The molecule has 0 bridgehead atoms. The zero-order chi connectivity index (χ0) is 23.4. The van der Waals surface area contributed by atoms with Crippen molar-refractivity contribution in [2.75, 3.05) is 7.11 Å². The number of carbonyl (C=O) groups is 1. The molecule has 0 aliphatic carbocycles. The van der Waals surface area contributed by atoms with Crippen LogP contribution in [0.5, 0.6) is 5.75 Å². The monoisotopic (exact) mass is 443 g/mol. The molecule has 3 heterocycles. The van der Waals surface area contributed by atoms with Crippen LogP contribution in [0.1, 0.15) is 28.7 Å². The second kappa shape index (κ2) is 9.52. The van der Waals surface area contributed by atoms with E-state index in [9.17, 15) is 9.59 Å². The fourth-order valence-corrected chi connectivity index (χ4v) is 3.72. The predicted molar refractivity (Wildman–Crippen MR) is 127 cm³/mol. The van der Waals surface area contributed by atoms with Crippen molar-refractivity contribution >= 4 is 16.8 Å². The maximum Gasteiger partial charge on any atom is 0.275 e. The van der Waals surface area contributed by atoms with E-state index in [-0.39, 0.29) is 18.0 Å². The van der Waals surface area contributed by atoms with Crippen LogP contribution in [0, 0.1) is 6.92 Å². The number of aromatic amines is 1. The van der Waals surface area contributed by atoms with Gasteiger partial charge in [0.25, 0.3) is 11.5 Å². The summed E-state index contributed by atoms with van der Waals surface area (Å²) in [5, 5.41) is 3.65. The van der Waals surface area contributed by atoms with Gasteiger partial charge in [-0.3, -0.25) is 19.6 Å². The SMILES string of the molecule is C/C=C/Cn1cc(-c2cc(C(=O)NCc3cnccn3)ccc2OC)c2cc(C)[nH]c2c1=O. The van der Waals surface area contributed by atoms with Gasteiger partial charge in [-0.1, -0.05) is 12.2 Å². The Morgan fingerprint density at radius 3 is 2.82 bits per heavy atom. The number of aryl methyl sites for hydroxylation is 1. The molecule has 0 unspecified atom stereocenters. The van der Waals surface area contributed by atoms with Gasteiger partial charge in [0.05, 0.1) is 25.5 Å². The lowest BCUT2D eigenvalue weighted by Crippen LogP contribution is -2.23. The molecule has 33 heavy (non-hydrogen) atoms. The lowest BCUT2D eigenvalue weighted by atomic mass is 9.99. The molecule has 2 N–H and O–H groups in total. The van der Waals surface area contributed by atoms with Crippen LogP contribution < -0.4 is 15.6 Å². The van der Waals surface area contributed by atoms with Crippen LogP contribution in [0.25, 0.3) is 22.0 Å². The minimum Gasteiger partial charge on any atom is -0.496 e. The lowest BCUT2D eigenvalue weighted by molar-refractivity contribution is 0.0950. The number of fused-ring (bicyclic) bond motifs is 1. The standard InChI is InChI=1S/C25H25N5O3/c1-4-5-10-30-15-21(20-11-16(2)29-23(20)25(30)32)19-12-17(6-7-22(19)33-3)24(31)28-14-18-13-26-8-9-27-18/h4-9,11-13,15,29H,10,14H2,1-3H3,(H,28,31)/b5-4+. The molecule has 4 rings (SSSR count). The number of aromatic nitrogens is 4. The molecule has 168 valence electrons. The molecule has 0 atom stereocenters. The number of pyridine rings is 1. The fraction of sp³-hybridized carbons (Fsp3) is 0.200. The normalized spacial score (nSPS) is 11.2. The summed E-state index contributed by atoms with van der Waals surface area (Å²) in [5.74, 6) is 0.366. The highest BCUT2D eigenvalue weighted by atomic mass is 16.5. The van der Waals surface area contributed by atoms with Crippen molar-refractivity contribution in [2.24, 2.45) is 0 Å². The number of allylic oxidation sites excluding steroid dienone is 2. The summed E-state index contributed by atoms with van der Waals surface area (Å²) in [6.07, 6.45) is 10.4. The summed E-state index contributed by atoms with van der Waals surface area (Å²) in [6.45, 7) is 4.53. The average molecular weight is 444 g/mol. The van der Waals surface area contributed by atoms with E-state index >= 15 is 0 Å². The van der Waals surface area contributed by atoms with E-state index in [1.807, 2.05) is 38.3 Å². The van der Waals surface area contributed by atoms with Gasteiger partial charge in [0.1, 0.15) is 11.3 Å². The van der Waals surface area contributed by atoms with Crippen LogP contribution in [0.3, 0.4) is 0 Å². The molecule has 0 radical (unpaired) electrons. The Balaban J connectivity index is 1.78. The minimum atomic E-state index is -0.242. The quantitative estimate of drug-likeness (QED) is 0.425. The van der Waals surface area contributed by atoms with Gasteiger partial charge in [0.15, 0.2) is 0 Å². The number of hydrogen-bond donors (Lipinski definition) is 2. The van der Waals surface area contributed by atoms with E-state index in [4.69, 9.17) is 4.74 Å². The van der Waals surface area contributed by atoms with Gasteiger partial charge in [-0.05, 0) is 38.1 Å². The molecular weight excluding hydrogens is 418 g/mol. The molecule has 0 spiro atoms. The molecule has 0 fully saturated rings. The number of nitrogens with one attached hydrogen (secondary N) is 2. The number of ether oxygens (including phenoxy) is 1. The molecule has 0 aliphatic rings. The third-order valence-electron chi connectivity index (χ3n) is 5.34. The van der Waals surface area contributed by atoms with Gasteiger partial charge in [-0.2, -0.15) is 0 Å². The van der Waals surface area contributed by atoms with E-state index in [0.29, 0.717) is 29.1 Å². The molecule has 4 aromatic rings. The summed E-state index contributed by atoms with van der Waals surface area (Å²) < 4.78 is 7.26. The van der Waals surface area contributed by atoms with Crippen molar-refractivity contribution in [1.29, 1.82) is 0 Å². The topological polar surface area (TPSA) is 102 Å². The third kappa shape index (κ3) is 4.55. The number of nitrogens with zero attached hydrogens (tertiary/aromatic N) is 3. The van der Waals surface area contributed by atoms with Gasteiger partial charge >= 0.3 is 0 Å². The van der Waals surface area contributed by atoms with E-state index < -0.39 is 0 Å². The highest BCUT2D eigenvalue weighted by molar-refractivity contribution is 6.00. The van der Waals surface area contributed by atoms with E-state index in [2.05, 4.69) is 20.3 Å². The van der Waals surface area contributed by atoms with Gasteiger partial charge in [-0.15, -0.1) is 0 Å². The smallest absolute Gasteiger partial charge is 0.275 e. The van der Waals surface area contributed by atoms with E-state index in [1.54, 1.807) is 48.5 Å². The number of hydrogen-bond acceptors (Lipinski definition) is 5. The number of methoxy groups -OCH3 is 1. The van der Waals surface area contributed by atoms with Crippen molar-refractivity contribution in [3.63, 3.8) is 0 Å². The summed E-state index contributed by atoms with van der Waals surface area (Å²) in [5.41, 5.74) is 3.97. The molecule has 0 aliphatic heterocycles. The maximum atomic E-state index is 13.0. The zero-order valence-electron chi connectivity index (χ0n) is 18.8. The van der Waals surface area contributed by atoms with Crippen LogP contribution in [-0.4, -0.2) is 32.5 Å². The minimum absolute atomic E-state index is 0.100. The Labute approximate surface area is 191 Å². The van der Waals surface area contributed by atoms with Crippen molar-refractivity contribution < 1.29 is 9.53 Å². The first kappa shape index (κ1) is 22.0. The average Bonchev–Trinajstić information content (AvgIpc) is 3.24. The lowest BCUT2D eigenvalue weighted by Gasteiger charge is -2.14. The molecule has 1 amide bonds. The Kier molecular flexibility index (Phi) is 6.35. The van der Waals surface area contributed by atoms with Crippen LogP contribution in [0.2, 0.25) is 0 Å². The van der Waals surface area contributed by atoms with Gasteiger partial charge in [0, 0.05) is 52.9 Å². The van der Waals surface area contributed by atoms with Gasteiger partial charge < -0.3 is 19.6 Å². The summed E-state index contributed by atoms with van der Waals surface area (Å²) in [6, 6.07) is 7.20. The maximum absolute atomic E-state index is 13.0. The van der Waals surface area contributed by atoms with Crippen molar-refractivity contribution in [2.45, 2.75) is 26.9 Å². The molecule has 8 nitrogen and oxygen atoms in total. The first-order valence-corrected chi connectivity index (χ1v) is 10.6. The zero-order valence-corrected chi connectivity index (χ0v) is 18.8. The first-order valence-electron chi connectivity index (χ1n) is 10.6. The molecular formula is C25H25N5O3. The number of rotatable bonds is 7. The second-order valence-corrected chi connectivity index (χ2v) is 7.60. The molecule has 3 aromatic heterocycles. The van der Waals surface area contributed by atoms with E-state index in [1.165, 1.54) is 0 Å². The fourth-order valence-electron chi connectivity index (χ4n) is 3.72. The molecule has 0 saturated heterocycles.